The molecule has 1 heterocycles. The van der Waals surface area contributed by atoms with E-state index in [1.54, 1.807) is 0 Å². The number of nitriles is 1. The van der Waals surface area contributed by atoms with Gasteiger partial charge in [-0.15, -0.1) is 0 Å². The first kappa shape index (κ1) is 16.9. The zero-order valence-electron chi connectivity index (χ0n) is 13.8. The van der Waals surface area contributed by atoms with Gasteiger partial charge in [0.15, 0.2) is 0 Å². The molecule has 24 heavy (non-hydrogen) atoms. The lowest BCUT2D eigenvalue weighted by atomic mass is 9.93. The molecule has 2 saturated carbocycles. The van der Waals surface area contributed by atoms with E-state index in [-0.39, 0.29) is 24.3 Å². The number of rotatable bonds is 4. The minimum atomic E-state index is -0.283. The lowest BCUT2D eigenvalue weighted by Crippen LogP contribution is -2.31. The summed E-state index contributed by atoms with van der Waals surface area (Å²) in [5, 5.41) is 35.3. The summed E-state index contributed by atoms with van der Waals surface area (Å²) in [5.74, 6) is 1.04. The molecule has 1 aromatic heterocycles. The lowest BCUT2D eigenvalue weighted by molar-refractivity contribution is 0.124. The first-order valence-electron chi connectivity index (χ1n) is 8.80. The highest BCUT2D eigenvalue weighted by Gasteiger charge is 2.23. The molecule has 7 nitrogen and oxygen atoms in total. The van der Waals surface area contributed by atoms with Crippen molar-refractivity contribution in [2.45, 2.75) is 75.7 Å². The molecule has 4 N–H and O–H groups in total. The second-order valence-electron chi connectivity index (χ2n) is 6.88. The van der Waals surface area contributed by atoms with Gasteiger partial charge in [-0.3, -0.25) is 0 Å². The van der Waals surface area contributed by atoms with Crippen LogP contribution < -0.4 is 10.6 Å². The van der Waals surface area contributed by atoms with Crippen molar-refractivity contribution < 1.29 is 10.2 Å². The molecule has 3 rings (SSSR count). The highest BCUT2D eigenvalue weighted by molar-refractivity contribution is 5.54. The fourth-order valence-corrected chi connectivity index (χ4v) is 3.53. The number of anilines is 2. The summed E-state index contributed by atoms with van der Waals surface area (Å²) in [6.07, 6.45) is 7.88. The SMILES string of the molecule is N#Cc1cnc(NC2CCC(O)CC2)nc1N[C@@H]1CCCC(O)C1. The third kappa shape index (κ3) is 4.34. The highest BCUT2D eigenvalue weighted by atomic mass is 16.3. The van der Waals surface area contributed by atoms with Gasteiger partial charge in [0.25, 0.3) is 0 Å². The van der Waals surface area contributed by atoms with Crippen LogP contribution in [-0.4, -0.2) is 44.5 Å². The van der Waals surface area contributed by atoms with Crippen LogP contribution in [0.15, 0.2) is 6.20 Å². The quantitative estimate of drug-likeness (QED) is 0.665. The Morgan fingerprint density at radius 2 is 1.79 bits per heavy atom. The molecule has 0 spiro atoms. The molecule has 7 heteroatoms. The molecule has 1 aromatic rings. The van der Waals surface area contributed by atoms with E-state index in [0.29, 0.717) is 23.8 Å². The van der Waals surface area contributed by atoms with Gasteiger partial charge in [0, 0.05) is 12.1 Å². The smallest absolute Gasteiger partial charge is 0.224 e. The van der Waals surface area contributed by atoms with Crippen LogP contribution in [0.2, 0.25) is 0 Å². The summed E-state index contributed by atoms with van der Waals surface area (Å²) in [7, 11) is 0. The number of aliphatic hydroxyl groups excluding tert-OH is 2. The normalized spacial score (nSPS) is 30.4. The van der Waals surface area contributed by atoms with Gasteiger partial charge in [-0.1, -0.05) is 0 Å². The van der Waals surface area contributed by atoms with E-state index >= 15 is 0 Å². The molecule has 0 bridgehead atoms. The summed E-state index contributed by atoms with van der Waals surface area (Å²) in [4.78, 5) is 8.71. The molecule has 130 valence electrons. The number of nitrogens with one attached hydrogen (secondary N) is 2. The monoisotopic (exact) mass is 331 g/mol. The third-order valence-corrected chi connectivity index (χ3v) is 4.93. The van der Waals surface area contributed by atoms with Gasteiger partial charge in [-0.2, -0.15) is 10.2 Å². The molecule has 0 aromatic carbocycles. The van der Waals surface area contributed by atoms with Gasteiger partial charge < -0.3 is 20.8 Å². The first-order valence-corrected chi connectivity index (χ1v) is 8.80. The lowest BCUT2D eigenvalue weighted by Gasteiger charge is -2.28. The zero-order chi connectivity index (χ0) is 16.9. The van der Waals surface area contributed by atoms with Crippen LogP contribution in [0.4, 0.5) is 11.8 Å². The molecule has 0 aliphatic heterocycles. The van der Waals surface area contributed by atoms with Crippen LogP contribution in [0.3, 0.4) is 0 Å². The number of aliphatic hydroxyl groups is 2. The van der Waals surface area contributed by atoms with Gasteiger partial charge in [0.2, 0.25) is 5.95 Å². The number of nitrogens with zero attached hydrogens (tertiary/aromatic N) is 3. The Kier molecular flexibility index (Phi) is 5.48. The van der Waals surface area contributed by atoms with Crippen molar-refractivity contribution in [1.82, 2.24) is 9.97 Å². The van der Waals surface area contributed by atoms with Crippen molar-refractivity contribution in [2.24, 2.45) is 0 Å². The van der Waals surface area contributed by atoms with Crippen LogP contribution in [0, 0.1) is 11.3 Å². The molecular weight excluding hydrogens is 306 g/mol. The van der Waals surface area contributed by atoms with Gasteiger partial charge in [0.05, 0.1) is 18.4 Å². The molecule has 2 atom stereocenters. The fraction of sp³-hybridized carbons (Fsp3) is 0.706. The largest absolute Gasteiger partial charge is 0.393 e. The van der Waals surface area contributed by atoms with Gasteiger partial charge in [0.1, 0.15) is 17.5 Å². The summed E-state index contributed by atoms with van der Waals surface area (Å²) < 4.78 is 0. The minimum absolute atomic E-state index is 0.133. The molecule has 2 aliphatic carbocycles. The maximum absolute atomic E-state index is 9.81. The summed E-state index contributed by atoms with van der Waals surface area (Å²) in [6.45, 7) is 0. The van der Waals surface area contributed by atoms with Gasteiger partial charge in [-0.25, -0.2) is 4.98 Å². The molecule has 1 unspecified atom stereocenters. The highest BCUT2D eigenvalue weighted by Crippen LogP contribution is 2.25. The average molecular weight is 331 g/mol. The summed E-state index contributed by atoms with van der Waals surface area (Å²) in [5.41, 5.74) is 0.416. The Morgan fingerprint density at radius 3 is 2.50 bits per heavy atom. The van der Waals surface area contributed by atoms with E-state index in [9.17, 15) is 15.5 Å². The Balaban J connectivity index is 1.67. The third-order valence-electron chi connectivity index (χ3n) is 4.93. The number of hydrogen-bond donors (Lipinski definition) is 4. The zero-order valence-corrected chi connectivity index (χ0v) is 13.8. The van der Waals surface area contributed by atoms with Crippen LogP contribution in [-0.2, 0) is 0 Å². The van der Waals surface area contributed by atoms with E-state index < -0.39 is 0 Å². The maximum Gasteiger partial charge on any atom is 0.224 e. The maximum atomic E-state index is 9.81. The number of aromatic nitrogens is 2. The van der Waals surface area contributed by atoms with Crippen molar-refractivity contribution in [3.8, 4) is 6.07 Å². The molecule has 0 amide bonds. The van der Waals surface area contributed by atoms with Crippen molar-refractivity contribution in [1.29, 1.82) is 5.26 Å². The molecule has 0 saturated heterocycles. The molecular formula is C17H25N5O2. The van der Waals surface area contributed by atoms with Crippen molar-refractivity contribution in [3.05, 3.63) is 11.8 Å². The van der Waals surface area contributed by atoms with Crippen LogP contribution in [0.25, 0.3) is 0 Å². The second kappa shape index (κ2) is 7.77. The summed E-state index contributed by atoms with van der Waals surface area (Å²) >= 11 is 0. The van der Waals surface area contributed by atoms with Crippen LogP contribution in [0.5, 0.6) is 0 Å². The van der Waals surface area contributed by atoms with Crippen molar-refractivity contribution in [3.63, 3.8) is 0 Å². The van der Waals surface area contributed by atoms with Gasteiger partial charge >= 0.3 is 0 Å². The second-order valence-corrected chi connectivity index (χ2v) is 6.88. The van der Waals surface area contributed by atoms with Gasteiger partial charge in [-0.05, 0) is 51.4 Å². The topological polar surface area (TPSA) is 114 Å². The van der Waals surface area contributed by atoms with E-state index in [0.717, 1.165) is 44.9 Å². The van der Waals surface area contributed by atoms with Crippen molar-refractivity contribution in [2.75, 3.05) is 10.6 Å². The van der Waals surface area contributed by atoms with E-state index in [4.69, 9.17) is 0 Å². The Hall–Kier alpha value is -1.91. The molecule has 0 radical (unpaired) electrons. The molecule has 2 aliphatic rings. The predicted octanol–water partition coefficient (Wildman–Crippen LogP) is 1.78. The minimum Gasteiger partial charge on any atom is -0.393 e. The standard InChI is InChI=1S/C17H25N5O2/c18-9-11-10-19-17(21-12-4-6-14(23)7-5-12)22-16(11)20-13-2-1-3-15(24)8-13/h10,12-15,23-24H,1-8H2,(H2,19,20,21,22)/t12?,13-,14?,15?/m1/s1. The Labute approximate surface area is 142 Å². The fourth-order valence-electron chi connectivity index (χ4n) is 3.53. The first-order chi connectivity index (χ1) is 11.6. The Bertz CT molecular complexity index is 595. The molecule has 2 fully saturated rings. The van der Waals surface area contributed by atoms with E-state index in [1.807, 2.05) is 0 Å². The average Bonchev–Trinajstić information content (AvgIpc) is 2.57. The Morgan fingerprint density at radius 1 is 1.00 bits per heavy atom. The predicted molar refractivity (Wildman–Crippen MR) is 90.5 cm³/mol. The van der Waals surface area contributed by atoms with E-state index in [1.165, 1.54) is 6.20 Å². The van der Waals surface area contributed by atoms with E-state index in [2.05, 4.69) is 26.7 Å². The van der Waals surface area contributed by atoms with Crippen LogP contribution >= 0.6 is 0 Å². The van der Waals surface area contributed by atoms with Crippen molar-refractivity contribution >= 4 is 11.8 Å². The number of hydrogen-bond acceptors (Lipinski definition) is 7. The van der Waals surface area contributed by atoms with Crippen LogP contribution in [0.1, 0.15) is 56.9 Å². The summed E-state index contributed by atoms with van der Waals surface area (Å²) in [6, 6.07) is 2.51.